The smallest absolute Gasteiger partial charge is 0.216 e. The van der Waals surface area contributed by atoms with Gasteiger partial charge < -0.3 is 9.30 Å². The zero-order chi connectivity index (χ0) is 14.8. The van der Waals surface area contributed by atoms with E-state index >= 15 is 0 Å². The van der Waals surface area contributed by atoms with Crippen molar-refractivity contribution in [3.8, 4) is 0 Å². The van der Waals surface area contributed by atoms with Crippen LogP contribution in [0.2, 0.25) is 0 Å². The van der Waals surface area contributed by atoms with Gasteiger partial charge in [-0.05, 0) is 45.0 Å². The summed E-state index contributed by atoms with van der Waals surface area (Å²) in [6.07, 6.45) is 6.02. The molecule has 2 aromatic rings. The fourth-order valence-corrected chi connectivity index (χ4v) is 2.83. The zero-order valence-corrected chi connectivity index (χ0v) is 13.1. The van der Waals surface area contributed by atoms with Gasteiger partial charge in [0.05, 0.1) is 12.3 Å². The Hall–Kier alpha value is -1.73. The number of H-pyrrole nitrogens is 1. The Morgan fingerprint density at radius 3 is 3.10 bits per heavy atom. The van der Waals surface area contributed by atoms with Crippen LogP contribution in [0.3, 0.4) is 0 Å². The van der Waals surface area contributed by atoms with Gasteiger partial charge in [0.15, 0.2) is 0 Å². The highest BCUT2D eigenvalue weighted by molar-refractivity contribution is 7.71. The normalized spacial score (nSPS) is 18.9. The van der Waals surface area contributed by atoms with Gasteiger partial charge in [-0.3, -0.25) is 5.10 Å². The van der Waals surface area contributed by atoms with Crippen molar-refractivity contribution in [2.75, 3.05) is 6.61 Å². The number of aromatic nitrogens is 4. The van der Waals surface area contributed by atoms with Crippen LogP contribution in [0.15, 0.2) is 17.5 Å². The van der Waals surface area contributed by atoms with Gasteiger partial charge in [0.25, 0.3) is 0 Å². The summed E-state index contributed by atoms with van der Waals surface area (Å²) >= 11 is 5.07. The molecule has 1 saturated heterocycles. The second-order valence-electron chi connectivity index (χ2n) is 5.32. The molecule has 0 unspecified atom stereocenters. The first kappa shape index (κ1) is 14.2. The molecule has 0 aromatic carbocycles. The quantitative estimate of drug-likeness (QED) is 0.697. The lowest BCUT2D eigenvalue weighted by Gasteiger charge is -2.14. The lowest BCUT2D eigenvalue weighted by molar-refractivity contribution is 0.0962. The molecule has 1 N–H and O–H groups in total. The fourth-order valence-electron chi connectivity index (χ4n) is 2.68. The first-order chi connectivity index (χ1) is 10.1. The average Bonchev–Trinajstić information content (AvgIpc) is 3.16. The van der Waals surface area contributed by atoms with E-state index in [-0.39, 0.29) is 0 Å². The molecule has 1 aliphatic rings. The van der Waals surface area contributed by atoms with Gasteiger partial charge in [-0.25, -0.2) is 0 Å². The Morgan fingerprint density at radius 2 is 2.43 bits per heavy atom. The minimum absolute atomic E-state index is 0.335. The van der Waals surface area contributed by atoms with Crippen LogP contribution in [-0.4, -0.2) is 38.4 Å². The van der Waals surface area contributed by atoms with Crippen LogP contribution in [0.1, 0.15) is 29.8 Å². The monoisotopic (exact) mass is 305 g/mol. The Balaban J connectivity index is 1.82. The summed E-state index contributed by atoms with van der Waals surface area (Å²) < 4.78 is 10.1. The van der Waals surface area contributed by atoms with Crippen LogP contribution in [0.5, 0.6) is 0 Å². The highest BCUT2D eigenvalue weighted by atomic mass is 32.1. The molecule has 3 rings (SSSR count). The van der Waals surface area contributed by atoms with E-state index in [1.54, 1.807) is 11.0 Å². The van der Waals surface area contributed by atoms with Gasteiger partial charge in [-0.2, -0.15) is 14.9 Å². The van der Waals surface area contributed by atoms with E-state index in [4.69, 9.17) is 17.0 Å². The summed E-state index contributed by atoms with van der Waals surface area (Å²) in [7, 11) is 0. The molecule has 0 bridgehead atoms. The third kappa shape index (κ3) is 2.98. The Kier molecular flexibility index (Phi) is 4.03. The molecule has 0 spiro atoms. The minimum Gasteiger partial charge on any atom is -0.376 e. The molecule has 1 atom stereocenters. The van der Waals surface area contributed by atoms with Crippen molar-refractivity contribution in [2.24, 2.45) is 5.10 Å². The highest BCUT2D eigenvalue weighted by Gasteiger charge is 2.18. The van der Waals surface area contributed by atoms with Crippen molar-refractivity contribution in [2.45, 2.75) is 39.3 Å². The minimum atomic E-state index is 0.335. The molecular formula is C14H19N5OS. The van der Waals surface area contributed by atoms with Gasteiger partial charge in [-0.1, -0.05) is 0 Å². The van der Waals surface area contributed by atoms with Crippen molar-refractivity contribution in [3.05, 3.63) is 34.1 Å². The molecule has 6 nitrogen and oxygen atoms in total. The van der Waals surface area contributed by atoms with E-state index in [0.717, 1.165) is 31.6 Å². The number of aryl methyl sites for hydroxylation is 1. The number of ether oxygens (including phenoxy) is 1. The van der Waals surface area contributed by atoms with E-state index in [2.05, 4.69) is 39.8 Å². The summed E-state index contributed by atoms with van der Waals surface area (Å²) in [5, 5.41) is 10.9. The maximum Gasteiger partial charge on any atom is 0.216 e. The maximum absolute atomic E-state index is 5.73. The third-order valence-corrected chi connectivity index (χ3v) is 4.16. The topological polar surface area (TPSA) is 60.1 Å². The van der Waals surface area contributed by atoms with Crippen molar-refractivity contribution in [1.29, 1.82) is 0 Å². The maximum atomic E-state index is 5.73. The van der Waals surface area contributed by atoms with Gasteiger partial charge in [0.2, 0.25) is 4.77 Å². The number of aromatic amines is 1. The van der Waals surface area contributed by atoms with Crippen LogP contribution < -0.4 is 0 Å². The molecule has 1 fully saturated rings. The summed E-state index contributed by atoms with van der Waals surface area (Å²) in [4.78, 5) is 0. The Labute approximate surface area is 128 Å². The first-order valence-corrected chi connectivity index (χ1v) is 7.50. The summed E-state index contributed by atoms with van der Waals surface area (Å²) in [6, 6.07) is 2.14. The van der Waals surface area contributed by atoms with E-state index < -0.39 is 0 Å². The average molecular weight is 305 g/mol. The first-order valence-electron chi connectivity index (χ1n) is 7.10. The predicted molar refractivity (Wildman–Crippen MR) is 83.3 cm³/mol. The lowest BCUT2D eigenvalue weighted by Crippen LogP contribution is -2.16. The van der Waals surface area contributed by atoms with Crippen LogP contribution in [0, 0.1) is 18.6 Å². The number of nitrogens with zero attached hydrogens (tertiary/aromatic N) is 4. The van der Waals surface area contributed by atoms with E-state index in [1.165, 1.54) is 11.4 Å². The Morgan fingerprint density at radius 1 is 1.57 bits per heavy atom. The lowest BCUT2D eigenvalue weighted by atomic mass is 10.2. The molecule has 0 amide bonds. The Bertz CT molecular complexity index is 705. The highest BCUT2D eigenvalue weighted by Crippen LogP contribution is 2.19. The fraction of sp³-hybridized carbons (Fsp3) is 0.500. The third-order valence-electron chi connectivity index (χ3n) is 3.88. The molecule has 3 heterocycles. The molecule has 1 aliphatic heterocycles. The molecule has 0 saturated carbocycles. The zero-order valence-electron chi connectivity index (χ0n) is 12.2. The second-order valence-corrected chi connectivity index (χ2v) is 5.71. The van der Waals surface area contributed by atoms with Crippen molar-refractivity contribution in [3.63, 3.8) is 0 Å². The van der Waals surface area contributed by atoms with E-state index in [9.17, 15) is 0 Å². The van der Waals surface area contributed by atoms with Crippen molar-refractivity contribution < 1.29 is 4.74 Å². The van der Waals surface area contributed by atoms with Crippen molar-refractivity contribution in [1.82, 2.24) is 19.4 Å². The van der Waals surface area contributed by atoms with Gasteiger partial charge in [0, 0.05) is 30.1 Å². The predicted octanol–water partition coefficient (Wildman–Crippen LogP) is 2.42. The summed E-state index contributed by atoms with van der Waals surface area (Å²) in [6.45, 7) is 6.02. The van der Waals surface area contributed by atoms with Crippen LogP contribution in [0.4, 0.5) is 0 Å². The molecule has 0 radical (unpaired) electrons. The second kappa shape index (κ2) is 5.95. The summed E-state index contributed by atoms with van der Waals surface area (Å²) in [5.74, 6) is 0. The standard InChI is InChI=1S/C14H19N5OS/c1-10-6-12(7-16-19-9-15-17-14(19)21)11(2)18(10)8-13-4-3-5-20-13/h6-7,9,13H,3-5,8H2,1-2H3,(H,17,21)/b16-7-/t13-/m1/s1. The largest absolute Gasteiger partial charge is 0.376 e. The number of nitrogens with one attached hydrogen (secondary N) is 1. The molecule has 7 heteroatoms. The van der Waals surface area contributed by atoms with Gasteiger partial charge in [0.1, 0.15) is 6.33 Å². The van der Waals surface area contributed by atoms with E-state index in [1.807, 2.05) is 6.21 Å². The van der Waals surface area contributed by atoms with Gasteiger partial charge >= 0.3 is 0 Å². The number of hydrogen-bond acceptors (Lipinski definition) is 4. The van der Waals surface area contributed by atoms with Crippen LogP contribution in [-0.2, 0) is 11.3 Å². The molecule has 0 aliphatic carbocycles. The molecule has 21 heavy (non-hydrogen) atoms. The SMILES string of the molecule is Cc1cc(/C=N\n2cn[nH]c2=S)c(C)n1C[C@H]1CCCO1. The molecule has 2 aromatic heterocycles. The summed E-state index contributed by atoms with van der Waals surface area (Å²) in [5.41, 5.74) is 3.51. The van der Waals surface area contributed by atoms with Gasteiger partial charge in [-0.15, -0.1) is 0 Å². The number of rotatable bonds is 4. The molecular weight excluding hydrogens is 286 g/mol. The molecule has 112 valence electrons. The van der Waals surface area contributed by atoms with Crippen LogP contribution in [0.25, 0.3) is 0 Å². The van der Waals surface area contributed by atoms with E-state index in [0.29, 0.717) is 10.9 Å². The number of hydrogen-bond donors (Lipinski definition) is 1. The van der Waals surface area contributed by atoms with Crippen molar-refractivity contribution >= 4 is 18.4 Å². The van der Waals surface area contributed by atoms with Crippen LogP contribution >= 0.6 is 12.2 Å².